The maximum Gasteiger partial charge on any atom is 0.238 e. The number of anilines is 1. The minimum Gasteiger partial charge on any atom is -0.330 e. The zero-order valence-electron chi connectivity index (χ0n) is 13.0. The lowest BCUT2D eigenvalue weighted by Gasteiger charge is -2.32. The van der Waals surface area contributed by atoms with E-state index in [2.05, 4.69) is 26.1 Å². The molecule has 1 atom stereocenters. The molecule has 1 heterocycles. The highest BCUT2D eigenvalue weighted by Gasteiger charge is 2.21. The second-order valence-corrected chi connectivity index (χ2v) is 6.69. The first-order valence-corrected chi connectivity index (χ1v) is 8.36. The number of nitrogens with one attached hydrogen (secondary N) is 1. The summed E-state index contributed by atoms with van der Waals surface area (Å²) in [4.78, 5) is 14.4. The maximum atomic E-state index is 12.2. The monoisotopic (exact) mass is 389 g/mol. The standard InChI is InChI=1S/C16H24BrN3O.ClH/c1-12-9-14(4-5-15(12)17)19-16(21)11-20-8-2-3-13(10-20)6-7-18;/h4-5,9,13H,2-3,6-8,10-11,18H2,1H3,(H,19,21);1H. The van der Waals surface area contributed by atoms with Gasteiger partial charge in [0, 0.05) is 16.7 Å². The molecule has 1 aliphatic rings. The summed E-state index contributed by atoms with van der Waals surface area (Å²) in [5.74, 6) is 0.705. The van der Waals surface area contributed by atoms with E-state index in [-0.39, 0.29) is 18.3 Å². The van der Waals surface area contributed by atoms with Crippen molar-refractivity contribution in [3.63, 3.8) is 0 Å². The summed E-state index contributed by atoms with van der Waals surface area (Å²) < 4.78 is 1.06. The van der Waals surface area contributed by atoms with Crippen LogP contribution in [0.3, 0.4) is 0 Å². The highest BCUT2D eigenvalue weighted by atomic mass is 79.9. The van der Waals surface area contributed by atoms with E-state index >= 15 is 0 Å². The molecule has 1 aromatic carbocycles. The number of hydrogen-bond donors (Lipinski definition) is 2. The number of piperidine rings is 1. The Kier molecular flexibility index (Phi) is 8.39. The van der Waals surface area contributed by atoms with Gasteiger partial charge in [-0.15, -0.1) is 12.4 Å². The zero-order chi connectivity index (χ0) is 15.2. The van der Waals surface area contributed by atoms with Crippen molar-refractivity contribution in [3.8, 4) is 0 Å². The zero-order valence-corrected chi connectivity index (χ0v) is 15.4. The highest BCUT2D eigenvalue weighted by molar-refractivity contribution is 9.10. The molecule has 0 bridgehead atoms. The third-order valence-corrected chi connectivity index (χ3v) is 4.88. The molecule has 1 aliphatic heterocycles. The number of rotatable bonds is 5. The quantitative estimate of drug-likeness (QED) is 0.812. The second kappa shape index (κ2) is 9.50. The number of halogens is 2. The molecule has 22 heavy (non-hydrogen) atoms. The predicted octanol–water partition coefficient (Wildman–Crippen LogP) is 3.18. The summed E-state index contributed by atoms with van der Waals surface area (Å²) in [6, 6.07) is 5.86. The molecule has 1 unspecified atom stereocenters. The van der Waals surface area contributed by atoms with Crippen molar-refractivity contribution in [2.75, 3.05) is 31.5 Å². The van der Waals surface area contributed by atoms with Crippen LogP contribution in [0.25, 0.3) is 0 Å². The summed E-state index contributed by atoms with van der Waals surface area (Å²) in [5, 5.41) is 2.98. The van der Waals surface area contributed by atoms with E-state index in [1.54, 1.807) is 0 Å². The Bertz CT molecular complexity index is 496. The van der Waals surface area contributed by atoms with Gasteiger partial charge in [0.25, 0.3) is 0 Å². The number of hydrogen-bond acceptors (Lipinski definition) is 3. The SMILES string of the molecule is Cc1cc(NC(=O)CN2CCCC(CCN)C2)ccc1Br.Cl. The van der Waals surface area contributed by atoms with Crippen LogP contribution in [0, 0.1) is 12.8 Å². The van der Waals surface area contributed by atoms with Gasteiger partial charge in [-0.1, -0.05) is 15.9 Å². The van der Waals surface area contributed by atoms with Gasteiger partial charge in [0.1, 0.15) is 0 Å². The number of carbonyl (C=O) groups is 1. The van der Waals surface area contributed by atoms with E-state index in [9.17, 15) is 4.79 Å². The van der Waals surface area contributed by atoms with E-state index in [4.69, 9.17) is 5.73 Å². The first-order chi connectivity index (χ1) is 10.1. The van der Waals surface area contributed by atoms with Crippen molar-refractivity contribution >= 4 is 39.9 Å². The number of carbonyl (C=O) groups excluding carboxylic acids is 1. The number of amides is 1. The van der Waals surface area contributed by atoms with Gasteiger partial charge in [0.05, 0.1) is 6.54 Å². The van der Waals surface area contributed by atoms with Crippen molar-refractivity contribution < 1.29 is 4.79 Å². The lowest BCUT2D eigenvalue weighted by atomic mass is 9.95. The molecule has 6 heteroatoms. The van der Waals surface area contributed by atoms with E-state index in [1.807, 2.05) is 25.1 Å². The normalized spacial score (nSPS) is 18.6. The Morgan fingerprint density at radius 3 is 2.95 bits per heavy atom. The van der Waals surface area contributed by atoms with Crippen molar-refractivity contribution in [1.29, 1.82) is 0 Å². The van der Waals surface area contributed by atoms with Gasteiger partial charge in [-0.25, -0.2) is 0 Å². The minimum absolute atomic E-state index is 0. The van der Waals surface area contributed by atoms with Crippen molar-refractivity contribution in [2.45, 2.75) is 26.2 Å². The molecule has 1 fully saturated rings. The van der Waals surface area contributed by atoms with E-state index < -0.39 is 0 Å². The van der Waals surface area contributed by atoms with Crippen LogP contribution in [0.1, 0.15) is 24.8 Å². The highest BCUT2D eigenvalue weighted by Crippen LogP contribution is 2.21. The van der Waals surface area contributed by atoms with Crippen LogP contribution < -0.4 is 11.1 Å². The fraction of sp³-hybridized carbons (Fsp3) is 0.562. The molecule has 1 saturated heterocycles. The van der Waals surface area contributed by atoms with Gasteiger partial charge in [0.15, 0.2) is 0 Å². The van der Waals surface area contributed by atoms with Crippen molar-refractivity contribution in [3.05, 3.63) is 28.2 Å². The average molecular weight is 391 g/mol. The molecule has 0 aromatic heterocycles. The molecule has 2 rings (SSSR count). The molecular formula is C16H25BrClN3O. The van der Waals surface area contributed by atoms with Crippen molar-refractivity contribution in [1.82, 2.24) is 4.90 Å². The lowest BCUT2D eigenvalue weighted by molar-refractivity contribution is -0.117. The predicted molar refractivity (Wildman–Crippen MR) is 97.6 cm³/mol. The van der Waals surface area contributed by atoms with Crippen LogP contribution in [0.15, 0.2) is 22.7 Å². The molecule has 0 radical (unpaired) electrons. The van der Waals surface area contributed by atoms with Gasteiger partial charge in [-0.05, 0) is 69.0 Å². The smallest absolute Gasteiger partial charge is 0.238 e. The minimum atomic E-state index is 0. The van der Waals surface area contributed by atoms with Gasteiger partial charge >= 0.3 is 0 Å². The number of likely N-dealkylation sites (tertiary alicyclic amines) is 1. The molecule has 1 aromatic rings. The number of nitrogens with zero attached hydrogens (tertiary/aromatic N) is 1. The molecular weight excluding hydrogens is 366 g/mol. The van der Waals surface area contributed by atoms with Gasteiger partial charge in [-0.3, -0.25) is 9.69 Å². The molecule has 0 aliphatic carbocycles. The Morgan fingerprint density at radius 2 is 2.27 bits per heavy atom. The Balaban J connectivity index is 0.00000242. The fourth-order valence-electron chi connectivity index (χ4n) is 2.89. The molecule has 4 nitrogen and oxygen atoms in total. The Morgan fingerprint density at radius 1 is 1.50 bits per heavy atom. The average Bonchev–Trinajstić information content (AvgIpc) is 2.43. The summed E-state index contributed by atoms with van der Waals surface area (Å²) in [6.07, 6.45) is 3.46. The van der Waals surface area contributed by atoms with Gasteiger partial charge in [-0.2, -0.15) is 0 Å². The lowest BCUT2D eigenvalue weighted by Crippen LogP contribution is -2.40. The number of nitrogens with two attached hydrogens (primary N) is 1. The van der Waals surface area contributed by atoms with Crippen LogP contribution in [0.4, 0.5) is 5.69 Å². The second-order valence-electron chi connectivity index (χ2n) is 5.83. The van der Waals surface area contributed by atoms with Crippen LogP contribution in [0.5, 0.6) is 0 Å². The molecule has 1 amide bonds. The van der Waals surface area contributed by atoms with Crippen molar-refractivity contribution in [2.24, 2.45) is 11.7 Å². The first-order valence-electron chi connectivity index (χ1n) is 7.57. The molecule has 0 spiro atoms. The largest absolute Gasteiger partial charge is 0.330 e. The molecule has 3 N–H and O–H groups in total. The first kappa shape index (κ1) is 19.4. The van der Waals surface area contributed by atoms with Crippen LogP contribution >= 0.6 is 28.3 Å². The topological polar surface area (TPSA) is 58.4 Å². The van der Waals surface area contributed by atoms with Crippen LogP contribution in [0.2, 0.25) is 0 Å². The summed E-state index contributed by atoms with van der Waals surface area (Å²) >= 11 is 3.47. The summed E-state index contributed by atoms with van der Waals surface area (Å²) in [7, 11) is 0. The van der Waals surface area contributed by atoms with Crippen LogP contribution in [-0.4, -0.2) is 37.0 Å². The fourth-order valence-corrected chi connectivity index (χ4v) is 3.14. The van der Waals surface area contributed by atoms with Gasteiger partial charge in [0.2, 0.25) is 5.91 Å². The third-order valence-electron chi connectivity index (χ3n) is 3.99. The van der Waals surface area contributed by atoms with E-state index in [0.717, 1.165) is 48.2 Å². The van der Waals surface area contributed by atoms with E-state index in [1.165, 1.54) is 6.42 Å². The maximum absolute atomic E-state index is 12.2. The molecule has 124 valence electrons. The summed E-state index contributed by atoms with van der Waals surface area (Å²) in [5.41, 5.74) is 7.61. The molecule has 0 saturated carbocycles. The Hall–Kier alpha value is -0.620. The summed E-state index contributed by atoms with van der Waals surface area (Å²) in [6.45, 7) is 5.22. The van der Waals surface area contributed by atoms with E-state index in [0.29, 0.717) is 12.5 Å². The number of aryl methyl sites for hydroxylation is 1. The Labute approximate surface area is 147 Å². The van der Waals surface area contributed by atoms with Gasteiger partial charge < -0.3 is 11.1 Å². The van der Waals surface area contributed by atoms with Crippen LogP contribution in [-0.2, 0) is 4.79 Å². The third kappa shape index (κ3) is 5.88. The number of benzene rings is 1.